The summed E-state index contributed by atoms with van der Waals surface area (Å²) in [5.74, 6) is 1.14. The normalized spacial score (nSPS) is 21.9. The molecule has 1 rings (SSSR count). The van der Waals surface area contributed by atoms with E-state index in [9.17, 15) is 14.4 Å². The standard InChI is InChI=1S/C21H38N2O4S/c1-13(2)15-7-9-16(10-8-15)19(24)22-17(11-12-28-6)20(25)23-18(14(3)4)21(26)27-5/h13-18H,7-12H2,1-6H3,(H,22,24)(H,23,25). The first-order valence-corrected chi connectivity index (χ1v) is 11.8. The summed E-state index contributed by atoms with van der Waals surface area (Å²) < 4.78 is 4.80. The van der Waals surface area contributed by atoms with Crippen molar-refractivity contribution in [2.45, 2.75) is 71.9 Å². The van der Waals surface area contributed by atoms with E-state index >= 15 is 0 Å². The maximum atomic E-state index is 12.8. The Morgan fingerprint density at radius 2 is 1.64 bits per heavy atom. The molecule has 1 aliphatic rings. The second kappa shape index (κ2) is 12.3. The van der Waals surface area contributed by atoms with Crippen molar-refractivity contribution in [3.05, 3.63) is 0 Å². The van der Waals surface area contributed by atoms with Gasteiger partial charge >= 0.3 is 5.97 Å². The second-order valence-electron chi connectivity index (χ2n) is 8.45. The van der Waals surface area contributed by atoms with E-state index < -0.39 is 18.1 Å². The number of esters is 1. The Bertz CT molecular complexity index is 517. The summed E-state index contributed by atoms with van der Waals surface area (Å²) in [6.45, 7) is 8.18. The Kier molecular flexibility index (Phi) is 10.9. The van der Waals surface area contributed by atoms with Gasteiger partial charge < -0.3 is 15.4 Å². The fourth-order valence-electron chi connectivity index (χ4n) is 3.72. The summed E-state index contributed by atoms with van der Waals surface area (Å²) in [5, 5.41) is 5.72. The quantitative estimate of drug-likeness (QED) is 0.537. The highest BCUT2D eigenvalue weighted by atomic mass is 32.2. The highest BCUT2D eigenvalue weighted by Gasteiger charge is 2.32. The van der Waals surface area contributed by atoms with Crippen molar-refractivity contribution in [2.24, 2.45) is 23.7 Å². The summed E-state index contributed by atoms with van der Waals surface area (Å²) in [7, 11) is 1.31. The Balaban J connectivity index is 2.72. The molecule has 1 aliphatic carbocycles. The van der Waals surface area contributed by atoms with Crippen molar-refractivity contribution < 1.29 is 19.1 Å². The zero-order chi connectivity index (χ0) is 21.3. The number of thioether (sulfide) groups is 1. The third-order valence-corrected chi connectivity index (χ3v) is 6.39. The maximum absolute atomic E-state index is 12.8. The molecule has 0 radical (unpaired) electrons. The minimum atomic E-state index is -0.715. The number of amides is 2. The lowest BCUT2D eigenvalue weighted by molar-refractivity contribution is -0.146. The van der Waals surface area contributed by atoms with Gasteiger partial charge in [-0.3, -0.25) is 9.59 Å². The molecule has 2 unspecified atom stereocenters. The molecular weight excluding hydrogens is 376 g/mol. The maximum Gasteiger partial charge on any atom is 0.328 e. The van der Waals surface area contributed by atoms with Gasteiger partial charge in [0.15, 0.2) is 0 Å². The van der Waals surface area contributed by atoms with Crippen LogP contribution >= 0.6 is 11.8 Å². The van der Waals surface area contributed by atoms with Gasteiger partial charge in [-0.05, 0) is 61.9 Å². The molecule has 0 heterocycles. The van der Waals surface area contributed by atoms with E-state index in [1.165, 1.54) is 7.11 Å². The summed E-state index contributed by atoms with van der Waals surface area (Å²) in [6, 6.07) is -1.35. The van der Waals surface area contributed by atoms with Crippen molar-refractivity contribution in [1.82, 2.24) is 10.6 Å². The van der Waals surface area contributed by atoms with Crippen LogP contribution in [0.3, 0.4) is 0 Å². The van der Waals surface area contributed by atoms with Gasteiger partial charge in [-0.1, -0.05) is 27.7 Å². The number of hydrogen-bond donors (Lipinski definition) is 2. The van der Waals surface area contributed by atoms with Crippen LogP contribution in [0, 0.1) is 23.7 Å². The smallest absolute Gasteiger partial charge is 0.328 e. The first-order chi connectivity index (χ1) is 13.2. The van der Waals surface area contributed by atoms with Crippen molar-refractivity contribution in [1.29, 1.82) is 0 Å². The molecular formula is C21H38N2O4S. The van der Waals surface area contributed by atoms with Gasteiger partial charge in [-0.2, -0.15) is 11.8 Å². The molecule has 1 fully saturated rings. The molecule has 0 aromatic carbocycles. The van der Waals surface area contributed by atoms with Gasteiger partial charge in [0, 0.05) is 5.92 Å². The number of carbonyl (C=O) groups is 3. The zero-order valence-electron chi connectivity index (χ0n) is 18.2. The molecule has 2 N–H and O–H groups in total. The molecule has 7 heteroatoms. The molecule has 162 valence electrons. The minimum Gasteiger partial charge on any atom is -0.467 e. The molecule has 0 aliphatic heterocycles. The Morgan fingerprint density at radius 3 is 2.11 bits per heavy atom. The van der Waals surface area contributed by atoms with E-state index in [0.717, 1.165) is 31.4 Å². The van der Waals surface area contributed by atoms with Crippen LogP contribution in [0.2, 0.25) is 0 Å². The molecule has 28 heavy (non-hydrogen) atoms. The average Bonchev–Trinajstić information content (AvgIpc) is 2.67. The van der Waals surface area contributed by atoms with Crippen molar-refractivity contribution in [3.8, 4) is 0 Å². The fraction of sp³-hybridized carbons (Fsp3) is 0.857. The molecule has 2 amide bonds. The average molecular weight is 415 g/mol. The van der Waals surface area contributed by atoms with E-state index in [4.69, 9.17) is 4.74 Å². The molecule has 0 aromatic rings. The molecule has 1 saturated carbocycles. The van der Waals surface area contributed by atoms with Gasteiger partial charge in [0.1, 0.15) is 12.1 Å². The first-order valence-electron chi connectivity index (χ1n) is 10.4. The minimum absolute atomic E-state index is 0.0268. The number of rotatable bonds is 10. The van der Waals surface area contributed by atoms with Gasteiger partial charge in [0.25, 0.3) is 0 Å². The molecule has 0 spiro atoms. The zero-order valence-corrected chi connectivity index (χ0v) is 19.1. The monoisotopic (exact) mass is 414 g/mol. The largest absolute Gasteiger partial charge is 0.467 e. The molecule has 0 aromatic heterocycles. The van der Waals surface area contributed by atoms with Gasteiger partial charge in [0.2, 0.25) is 11.8 Å². The highest BCUT2D eigenvalue weighted by Crippen LogP contribution is 2.33. The Morgan fingerprint density at radius 1 is 1.04 bits per heavy atom. The Hall–Kier alpha value is -1.24. The van der Waals surface area contributed by atoms with Crippen molar-refractivity contribution in [2.75, 3.05) is 19.1 Å². The first kappa shape index (κ1) is 24.8. The summed E-state index contributed by atoms with van der Waals surface area (Å²) in [4.78, 5) is 37.5. The number of carbonyl (C=O) groups excluding carboxylic acids is 3. The van der Waals surface area contributed by atoms with Crippen molar-refractivity contribution in [3.63, 3.8) is 0 Å². The molecule has 2 atom stereocenters. The number of methoxy groups -OCH3 is 1. The van der Waals surface area contributed by atoms with Crippen LogP contribution in [0.5, 0.6) is 0 Å². The molecule has 0 bridgehead atoms. The van der Waals surface area contributed by atoms with E-state index in [1.54, 1.807) is 11.8 Å². The summed E-state index contributed by atoms with van der Waals surface area (Å²) >= 11 is 1.63. The SMILES string of the molecule is COC(=O)C(NC(=O)C(CCSC)NC(=O)C1CCC(C(C)C)CC1)C(C)C. The van der Waals surface area contributed by atoms with E-state index in [0.29, 0.717) is 18.3 Å². The highest BCUT2D eigenvalue weighted by molar-refractivity contribution is 7.98. The Labute approximate surface area is 174 Å². The lowest BCUT2D eigenvalue weighted by Crippen LogP contribution is -2.54. The van der Waals surface area contributed by atoms with Crippen LogP contribution in [-0.4, -0.2) is 49.0 Å². The third-order valence-electron chi connectivity index (χ3n) is 5.75. The number of nitrogens with one attached hydrogen (secondary N) is 2. The van der Waals surface area contributed by atoms with Gasteiger partial charge in [-0.15, -0.1) is 0 Å². The van der Waals surface area contributed by atoms with Crippen molar-refractivity contribution >= 4 is 29.5 Å². The third kappa shape index (κ3) is 7.64. The predicted molar refractivity (Wildman–Crippen MR) is 114 cm³/mol. The fourth-order valence-corrected chi connectivity index (χ4v) is 4.19. The lowest BCUT2D eigenvalue weighted by Gasteiger charge is -2.31. The second-order valence-corrected chi connectivity index (χ2v) is 9.44. The van der Waals surface area contributed by atoms with Crippen LogP contribution in [-0.2, 0) is 19.1 Å². The summed E-state index contributed by atoms with van der Waals surface area (Å²) in [6.07, 6.45) is 6.39. The van der Waals surface area contributed by atoms with E-state index in [2.05, 4.69) is 24.5 Å². The van der Waals surface area contributed by atoms with Crippen LogP contribution in [0.15, 0.2) is 0 Å². The molecule has 0 saturated heterocycles. The van der Waals surface area contributed by atoms with Crippen LogP contribution in [0.1, 0.15) is 59.8 Å². The van der Waals surface area contributed by atoms with Crippen LogP contribution in [0.4, 0.5) is 0 Å². The summed E-state index contributed by atoms with van der Waals surface area (Å²) in [5.41, 5.74) is 0. The van der Waals surface area contributed by atoms with E-state index in [-0.39, 0.29) is 23.7 Å². The lowest BCUT2D eigenvalue weighted by atomic mass is 9.76. The molecule has 6 nitrogen and oxygen atoms in total. The number of hydrogen-bond acceptors (Lipinski definition) is 5. The van der Waals surface area contributed by atoms with Gasteiger partial charge in [-0.25, -0.2) is 4.79 Å². The van der Waals surface area contributed by atoms with Crippen LogP contribution in [0.25, 0.3) is 0 Å². The number of ether oxygens (including phenoxy) is 1. The van der Waals surface area contributed by atoms with Crippen LogP contribution < -0.4 is 10.6 Å². The van der Waals surface area contributed by atoms with Gasteiger partial charge in [0.05, 0.1) is 7.11 Å². The predicted octanol–water partition coefficient (Wildman–Crippen LogP) is 3.00. The van der Waals surface area contributed by atoms with E-state index in [1.807, 2.05) is 20.1 Å². The topological polar surface area (TPSA) is 84.5 Å².